The van der Waals surface area contributed by atoms with Gasteiger partial charge in [-0.15, -0.1) is 0 Å². The fourth-order valence-electron chi connectivity index (χ4n) is 5.58. The molecule has 4 aromatic rings. The zero-order chi connectivity index (χ0) is 25.7. The molecule has 1 saturated heterocycles. The van der Waals surface area contributed by atoms with Gasteiger partial charge in [0.05, 0.1) is 29.2 Å². The maximum Gasteiger partial charge on any atom is 0.174 e. The molecule has 1 fully saturated rings. The standard InChI is InChI=1S/C29H29ClN4OS/c1-16-12-17(2)27(18(3)13-16)33-19(4)14-22(20(33)5)28-26(23-8-6-7-11-31-23)32-29(36)34(28)24-15-21(30)9-10-25(24)35/h6-15,26,28,35H,1-5H3,(H,32,36)/t26-,28-/m0/s1. The van der Waals surface area contributed by atoms with Crippen molar-refractivity contribution >= 4 is 34.6 Å². The Bertz CT molecular complexity index is 1460. The largest absolute Gasteiger partial charge is 0.506 e. The van der Waals surface area contributed by atoms with Crippen molar-refractivity contribution in [2.75, 3.05) is 4.90 Å². The van der Waals surface area contributed by atoms with E-state index in [1.54, 1.807) is 24.4 Å². The summed E-state index contributed by atoms with van der Waals surface area (Å²) >= 11 is 12.2. The van der Waals surface area contributed by atoms with Gasteiger partial charge in [-0.2, -0.15) is 0 Å². The zero-order valence-corrected chi connectivity index (χ0v) is 22.6. The highest BCUT2D eigenvalue weighted by atomic mass is 35.5. The van der Waals surface area contributed by atoms with Crippen molar-refractivity contribution in [1.29, 1.82) is 0 Å². The van der Waals surface area contributed by atoms with Crippen LogP contribution in [0.2, 0.25) is 5.02 Å². The maximum atomic E-state index is 10.8. The number of benzene rings is 2. The third kappa shape index (κ3) is 4.04. The van der Waals surface area contributed by atoms with E-state index in [1.807, 2.05) is 23.1 Å². The van der Waals surface area contributed by atoms with E-state index in [2.05, 4.69) is 67.7 Å². The van der Waals surface area contributed by atoms with E-state index in [1.165, 1.54) is 22.4 Å². The van der Waals surface area contributed by atoms with E-state index >= 15 is 0 Å². The number of nitrogens with zero attached hydrogens (tertiary/aromatic N) is 3. The highest BCUT2D eigenvalue weighted by Gasteiger charge is 2.43. The Morgan fingerprint density at radius 3 is 2.36 bits per heavy atom. The number of rotatable bonds is 4. The first kappa shape index (κ1) is 24.3. The van der Waals surface area contributed by atoms with Gasteiger partial charge in [0.15, 0.2) is 5.11 Å². The van der Waals surface area contributed by atoms with E-state index in [0.717, 1.165) is 22.6 Å². The molecule has 2 N–H and O–H groups in total. The highest BCUT2D eigenvalue weighted by Crippen LogP contribution is 2.46. The van der Waals surface area contributed by atoms with Crippen LogP contribution in [0.5, 0.6) is 5.75 Å². The highest BCUT2D eigenvalue weighted by molar-refractivity contribution is 7.80. The molecular weight excluding hydrogens is 488 g/mol. The fraction of sp³-hybridized carbons (Fsp3) is 0.241. The van der Waals surface area contributed by atoms with Crippen molar-refractivity contribution in [3.05, 3.63) is 105 Å². The summed E-state index contributed by atoms with van der Waals surface area (Å²) in [5.74, 6) is 0.120. The molecule has 0 aliphatic carbocycles. The van der Waals surface area contributed by atoms with E-state index in [0.29, 0.717) is 15.8 Å². The van der Waals surface area contributed by atoms with Crippen LogP contribution in [0.25, 0.3) is 5.69 Å². The van der Waals surface area contributed by atoms with Gasteiger partial charge < -0.3 is 19.9 Å². The monoisotopic (exact) mass is 516 g/mol. The van der Waals surface area contributed by atoms with Gasteiger partial charge in [0.2, 0.25) is 0 Å². The number of thiocarbonyl (C=S) groups is 1. The molecule has 0 amide bonds. The summed E-state index contributed by atoms with van der Waals surface area (Å²) in [6.45, 7) is 10.7. The first-order valence-electron chi connectivity index (χ1n) is 11.9. The van der Waals surface area contributed by atoms with E-state index < -0.39 is 0 Å². The Kier molecular flexibility index (Phi) is 6.27. The molecule has 0 bridgehead atoms. The summed E-state index contributed by atoms with van der Waals surface area (Å²) in [6, 6.07) is 17.1. The Hall–Kier alpha value is -3.35. The number of aromatic nitrogens is 2. The molecule has 2 aromatic heterocycles. The van der Waals surface area contributed by atoms with Gasteiger partial charge >= 0.3 is 0 Å². The van der Waals surface area contributed by atoms with Crippen LogP contribution in [0.1, 0.15) is 51.4 Å². The number of pyridine rings is 1. The molecule has 7 heteroatoms. The number of aryl methyl sites for hydroxylation is 4. The molecule has 5 rings (SSSR count). The lowest BCUT2D eigenvalue weighted by Gasteiger charge is -2.29. The molecule has 5 nitrogen and oxygen atoms in total. The van der Waals surface area contributed by atoms with Crippen LogP contribution in [0.4, 0.5) is 5.69 Å². The molecule has 0 unspecified atom stereocenters. The van der Waals surface area contributed by atoms with Crippen LogP contribution in [0.3, 0.4) is 0 Å². The van der Waals surface area contributed by atoms with Crippen LogP contribution < -0.4 is 10.2 Å². The van der Waals surface area contributed by atoms with E-state index in [-0.39, 0.29) is 17.8 Å². The smallest absolute Gasteiger partial charge is 0.174 e. The van der Waals surface area contributed by atoms with Crippen molar-refractivity contribution in [1.82, 2.24) is 14.9 Å². The number of hydrogen-bond acceptors (Lipinski definition) is 3. The number of halogens is 1. The van der Waals surface area contributed by atoms with Crippen molar-refractivity contribution in [3.63, 3.8) is 0 Å². The Morgan fingerprint density at radius 1 is 0.972 bits per heavy atom. The van der Waals surface area contributed by atoms with Gasteiger partial charge in [-0.3, -0.25) is 4.98 Å². The minimum absolute atomic E-state index is 0.120. The lowest BCUT2D eigenvalue weighted by molar-refractivity contribution is 0.472. The topological polar surface area (TPSA) is 53.3 Å². The maximum absolute atomic E-state index is 10.8. The average Bonchev–Trinajstić information content (AvgIpc) is 3.31. The van der Waals surface area contributed by atoms with Gasteiger partial charge in [-0.05, 0) is 99.9 Å². The van der Waals surface area contributed by atoms with Crippen LogP contribution in [0.15, 0.2) is 60.8 Å². The summed E-state index contributed by atoms with van der Waals surface area (Å²) in [4.78, 5) is 6.62. The predicted octanol–water partition coefficient (Wildman–Crippen LogP) is 6.95. The Labute approximate surface area is 222 Å². The SMILES string of the molecule is Cc1cc(C)c(-n2c(C)cc([C@H]3[C@H](c4ccccn4)NC(=S)N3c3cc(Cl)ccc3O)c2C)c(C)c1. The van der Waals surface area contributed by atoms with Crippen LogP contribution >= 0.6 is 23.8 Å². The molecule has 0 spiro atoms. The predicted molar refractivity (Wildman–Crippen MR) is 151 cm³/mol. The molecule has 184 valence electrons. The summed E-state index contributed by atoms with van der Waals surface area (Å²) in [6.07, 6.45) is 1.79. The lowest BCUT2D eigenvalue weighted by Crippen LogP contribution is -2.29. The van der Waals surface area contributed by atoms with E-state index in [4.69, 9.17) is 23.8 Å². The van der Waals surface area contributed by atoms with Gasteiger partial charge in [0.1, 0.15) is 5.75 Å². The van der Waals surface area contributed by atoms with Crippen LogP contribution in [0, 0.1) is 34.6 Å². The Balaban J connectivity index is 1.74. The lowest BCUT2D eigenvalue weighted by atomic mass is 9.96. The van der Waals surface area contributed by atoms with Gasteiger partial charge in [-0.25, -0.2) is 0 Å². The summed E-state index contributed by atoms with van der Waals surface area (Å²) in [5.41, 5.74) is 9.70. The summed E-state index contributed by atoms with van der Waals surface area (Å²) in [5, 5.41) is 15.3. The number of aromatic hydroxyl groups is 1. The number of anilines is 1. The van der Waals surface area contributed by atoms with Crippen LogP contribution in [-0.4, -0.2) is 19.8 Å². The Morgan fingerprint density at radius 2 is 1.69 bits per heavy atom. The number of phenols is 1. The van der Waals surface area contributed by atoms with Gasteiger partial charge in [0.25, 0.3) is 0 Å². The minimum Gasteiger partial charge on any atom is -0.506 e. The third-order valence-corrected chi connectivity index (χ3v) is 7.49. The first-order chi connectivity index (χ1) is 17.2. The molecular formula is C29H29ClN4OS. The fourth-order valence-corrected chi connectivity index (χ4v) is 6.08. The van der Waals surface area contributed by atoms with Crippen LogP contribution in [-0.2, 0) is 0 Å². The first-order valence-corrected chi connectivity index (χ1v) is 12.7. The summed E-state index contributed by atoms with van der Waals surface area (Å²) < 4.78 is 2.33. The third-order valence-electron chi connectivity index (χ3n) is 6.94. The van der Waals surface area contributed by atoms with Gasteiger partial charge in [0, 0.05) is 22.6 Å². The molecule has 0 radical (unpaired) electrons. The molecule has 0 saturated carbocycles. The van der Waals surface area contributed by atoms with Crippen molar-refractivity contribution in [3.8, 4) is 11.4 Å². The molecule has 36 heavy (non-hydrogen) atoms. The molecule has 3 heterocycles. The molecule has 2 atom stereocenters. The quantitative estimate of drug-likeness (QED) is 0.287. The molecule has 2 aromatic carbocycles. The average molecular weight is 517 g/mol. The van der Waals surface area contributed by atoms with E-state index in [9.17, 15) is 5.11 Å². The van der Waals surface area contributed by atoms with Crippen molar-refractivity contribution in [2.45, 2.75) is 46.7 Å². The van der Waals surface area contributed by atoms with Crippen molar-refractivity contribution < 1.29 is 5.11 Å². The normalized spacial score (nSPS) is 17.5. The second kappa shape index (κ2) is 9.26. The molecule has 1 aliphatic rings. The van der Waals surface area contributed by atoms with Gasteiger partial charge in [-0.1, -0.05) is 35.4 Å². The second-order valence-corrected chi connectivity index (χ2v) is 10.4. The molecule has 1 aliphatic heterocycles. The number of phenolic OH excluding ortho intramolecular Hbond substituents is 1. The number of hydrogen-bond donors (Lipinski definition) is 2. The summed E-state index contributed by atoms with van der Waals surface area (Å²) in [7, 11) is 0. The van der Waals surface area contributed by atoms with Crippen molar-refractivity contribution in [2.24, 2.45) is 0 Å². The zero-order valence-electron chi connectivity index (χ0n) is 21.0. The number of nitrogens with one attached hydrogen (secondary N) is 1. The minimum atomic E-state index is -0.247. The second-order valence-electron chi connectivity index (χ2n) is 9.54.